The van der Waals surface area contributed by atoms with Gasteiger partial charge in [-0.2, -0.15) is 0 Å². The van der Waals surface area contributed by atoms with Gasteiger partial charge < -0.3 is 4.40 Å². The molecule has 7 aromatic rings. The molecule has 0 aliphatic rings. The summed E-state index contributed by atoms with van der Waals surface area (Å²) in [6.07, 6.45) is 0. The topological polar surface area (TPSA) is 4.41 Å². The molecule has 0 saturated carbocycles. The van der Waals surface area contributed by atoms with Crippen LogP contribution in [0.25, 0.3) is 60.3 Å². The van der Waals surface area contributed by atoms with Crippen LogP contribution < -0.4 is 0 Å². The first-order valence-electron chi connectivity index (χ1n) is 11.1. The van der Waals surface area contributed by atoms with Gasteiger partial charge >= 0.3 is 0 Å². The maximum Gasteiger partial charge on any atom is 0.0620 e. The van der Waals surface area contributed by atoms with Gasteiger partial charge in [0.25, 0.3) is 0 Å². The number of aryl methyl sites for hydroxylation is 1. The molecule has 0 radical (unpaired) electrons. The molecular formula is C31H21N. The van der Waals surface area contributed by atoms with Gasteiger partial charge in [0.15, 0.2) is 0 Å². The Hall–Kier alpha value is -4.10. The van der Waals surface area contributed by atoms with Crippen molar-refractivity contribution in [3.05, 3.63) is 115 Å². The van der Waals surface area contributed by atoms with Crippen LogP contribution >= 0.6 is 0 Å². The number of hydrogen-bond acceptors (Lipinski definition) is 0. The fourth-order valence-corrected chi connectivity index (χ4v) is 5.31. The number of rotatable bonds is 2. The third-order valence-corrected chi connectivity index (χ3v) is 6.75. The van der Waals surface area contributed by atoms with Crippen molar-refractivity contribution in [2.24, 2.45) is 0 Å². The first-order chi connectivity index (χ1) is 15.8. The highest BCUT2D eigenvalue weighted by Gasteiger charge is 2.18. The maximum absolute atomic E-state index is 2.46. The number of aromatic nitrogens is 1. The van der Waals surface area contributed by atoms with Crippen LogP contribution in [0.5, 0.6) is 0 Å². The lowest BCUT2D eigenvalue weighted by molar-refractivity contribution is 1.37. The average molecular weight is 408 g/mol. The van der Waals surface area contributed by atoms with E-state index >= 15 is 0 Å². The van der Waals surface area contributed by atoms with E-state index in [2.05, 4.69) is 121 Å². The zero-order valence-electron chi connectivity index (χ0n) is 17.8. The molecule has 5 aromatic carbocycles. The van der Waals surface area contributed by atoms with Crippen molar-refractivity contribution in [2.75, 3.05) is 0 Å². The van der Waals surface area contributed by atoms with E-state index in [0.29, 0.717) is 0 Å². The monoisotopic (exact) mass is 407 g/mol. The Kier molecular flexibility index (Phi) is 3.54. The second-order valence-corrected chi connectivity index (χ2v) is 8.74. The minimum absolute atomic E-state index is 1.26. The third-order valence-electron chi connectivity index (χ3n) is 6.75. The summed E-state index contributed by atoms with van der Waals surface area (Å²) >= 11 is 0. The first-order valence-corrected chi connectivity index (χ1v) is 11.1. The van der Waals surface area contributed by atoms with Crippen molar-refractivity contribution in [3.63, 3.8) is 0 Å². The highest BCUT2D eigenvalue weighted by Crippen LogP contribution is 2.41. The van der Waals surface area contributed by atoms with Crippen molar-refractivity contribution >= 4 is 38.1 Å². The van der Waals surface area contributed by atoms with Crippen LogP contribution in [-0.4, -0.2) is 4.40 Å². The smallest absolute Gasteiger partial charge is 0.0620 e. The van der Waals surface area contributed by atoms with E-state index < -0.39 is 0 Å². The lowest BCUT2D eigenvalue weighted by atomic mass is 9.99. The molecule has 0 amide bonds. The van der Waals surface area contributed by atoms with Crippen molar-refractivity contribution in [2.45, 2.75) is 6.92 Å². The summed E-state index contributed by atoms with van der Waals surface area (Å²) in [5.41, 5.74) is 10.2. The molecule has 32 heavy (non-hydrogen) atoms. The van der Waals surface area contributed by atoms with Gasteiger partial charge in [0.1, 0.15) is 0 Å². The zero-order valence-corrected chi connectivity index (χ0v) is 17.8. The molecule has 0 unspecified atom stereocenters. The quantitative estimate of drug-likeness (QED) is 0.271. The molecule has 1 heteroatoms. The van der Waals surface area contributed by atoms with E-state index in [9.17, 15) is 0 Å². The van der Waals surface area contributed by atoms with Crippen molar-refractivity contribution in [1.29, 1.82) is 0 Å². The number of nitrogens with zero attached hydrogens (tertiary/aromatic N) is 1. The van der Waals surface area contributed by atoms with Crippen molar-refractivity contribution in [1.82, 2.24) is 4.40 Å². The Morgan fingerprint density at radius 3 is 1.38 bits per heavy atom. The second kappa shape index (κ2) is 6.45. The minimum Gasteiger partial charge on any atom is -0.308 e. The summed E-state index contributed by atoms with van der Waals surface area (Å²) in [4.78, 5) is 0. The third kappa shape index (κ3) is 2.39. The molecule has 150 valence electrons. The Morgan fingerprint density at radius 2 is 0.906 bits per heavy atom. The van der Waals surface area contributed by atoms with Crippen molar-refractivity contribution in [3.8, 4) is 22.3 Å². The molecule has 0 atom stereocenters. The van der Waals surface area contributed by atoms with Gasteiger partial charge in [-0.3, -0.25) is 0 Å². The summed E-state index contributed by atoms with van der Waals surface area (Å²) in [5.74, 6) is 0. The van der Waals surface area contributed by atoms with Crippen LogP contribution in [0.15, 0.2) is 109 Å². The van der Waals surface area contributed by atoms with E-state index in [-0.39, 0.29) is 0 Å². The zero-order chi connectivity index (χ0) is 21.2. The molecule has 0 bridgehead atoms. The Bertz CT molecular complexity index is 1630. The number of benzene rings is 5. The molecule has 2 heterocycles. The SMILES string of the molecule is Cc1cc2c3cc(-c4ccccc4)ccc3n3c4ccc(-c5ccccc5)cc4c(c1)c23. The molecule has 0 aliphatic carbocycles. The highest BCUT2D eigenvalue weighted by molar-refractivity contribution is 6.24. The molecule has 7 rings (SSSR count). The lowest BCUT2D eigenvalue weighted by Crippen LogP contribution is -1.83. The Labute approximate surface area is 186 Å². The van der Waals surface area contributed by atoms with Crippen LogP contribution in [-0.2, 0) is 0 Å². The summed E-state index contributed by atoms with van der Waals surface area (Å²) < 4.78 is 2.46. The van der Waals surface area contributed by atoms with Gasteiger partial charge in [-0.15, -0.1) is 0 Å². The van der Waals surface area contributed by atoms with Gasteiger partial charge in [0, 0.05) is 21.5 Å². The van der Waals surface area contributed by atoms with Gasteiger partial charge in [0.2, 0.25) is 0 Å². The van der Waals surface area contributed by atoms with E-state index in [1.807, 2.05) is 0 Å². The van der Waals surface area contributed by atoms with Crippen LogP contribution in [0.3, 0.4) is 0 Å². The summed E-state index contributed by atoms with van der Waals surface area (Å²) in [6.45, 7) is 2.21. The average Bonchev–Trinajstić information content (AvgIpc) is 3.35. The fourth-order valence-electron chi connectivity index (χ4n) is 5.31. The minimum atomic E-state index is 1.26. The van der Waals surface area contributed by atoms with Gasteiger partial charge in [0.05, 0.1) is 16.6 Å². The van der Waals surface area contributed by atoms with Crippen LogP contribution in [0.2, 0.25) is 0 Å². The van der Waals surface area contributed by atoms with Crippen LogP contribution in [0, 0.1) is 6.92 Å². The van der Waals surface area contributed by atoms with E-state index in [1.165, 1.54) is 65.9 Å². The summed E-state index contributed by atoms with van der Waals surface area (Å²) in [5, 5.41) is 5.32. The van der Waals surface area contributed by atoms with E-state index in [1.54, 1.807) is 0 Å². The van der Waals surface area contributed by atoms with E-state index in [0.717, 1.165) is 0 Å². The Morgan fingerprint density at radius 1 is 0.438 bits per heavy atom. The van der Waals surface area contributed by atoms with Crippen LogP contribution in [0.4, 0.5) is 0 Å². The van der Waals surface area contributed by atoms with Crippen molar-refractivity contribution < 1.29 is 0 Å². The fraction of sp³-hybridized carbons (Fsp3) is 0.0323. The predicted molar refractivity (Wildman–Crippen MR) is 137 cm³/mol. The largest absolute Gasteiger partial charge is 0.308 e. The molecule has 0 N–H and O–H groups in total. The number of hydrogen-bond donors (Lipinski definition) is 0. The molecule has 0 saturated heterocycles. The molecule has 0 aliphatic heterocycles. The number of fused-ring (bicyclic) bond motifs is 6. The predicted octanol–water partition coefficient (Wildman–Crippen LogP) is 8.48. The van der Waals surface area contributed by atoms with E-state index in [4.69, 9.17) is 0 Å². The molecular weight excluding hydrogens is 386 g/mol. The first kappa shape index (κ1) is 17.6. The standard InChI is InChI=1S/C31H21N/c1-20-16-27-25-18-23(21-8-4-2-5-9-21)12-14-29(25)32-30-15-13-24(22-10-6-3-7-11-22)19-26(30)28(17-20)31(27)32/h2-19H,1H3. The lowest BCUT2D eigenvalue weighted by Gasteiger charge is -2.05. The Balaban J connectivity index is 1.58. The van der Waals surface area contributed by atoms with Gasteiger partial charge in [-0.25, -0.2) is 0 Å². The highest BCUT2D eigenvalue weighted by atomic mass is 14.9. The maximum atomic E-state index is 2.46. The van der Waals surface area contributed by atoms with Gasteiger partial charge in [-0.1, -0.05) is 72.8 Å². The second-order valence-electron chi connectivity index (χ2n) is 8.74. The normalized spacial score (nSPS) is 11.9. The molecule has 1 nitrogen and oxygen atoms in total. The van der Waals surface area contributed by atoms with Crippen LogP contribution in [0.1, 0.15) is 5.56 Å². The summed E-state index contributed by atoms with van der Waals surface area (Å²) in [6, 6.07) is 39.8. The van der Waals surface area contributed by atoms with Gasteiger partial charge in [-0.05, 0) is 71.1 Å². The molecule has 2 aromatic heterocycles. The molecule has 0 spiro atoms. The summed E-state index contributed by atoms with van der Waals surface area (Å²) in [7, 11) is 0. The molecule has 0 fully saturated rings.